The molecular formula is C13H11Cl2NO3. The third-order valence-corrected chi connectivity index (χ3v) is 3.43. The van der Waals surface area contributed by atoms with Gasteiger partial charge in [0.05, 0.1) is 16.3 Å². The molecule has 0 atom stereocenters. The number of carbonyl (C=O) groups excluding carboxylic acids is 1. The monoisotopic (exact) mass is 299 g/mol. The number of halogens is 2. The summed E-state index contributed by atoms with van der Waals surface area (Å²) in [7, 11) is 0. The van der Waals surface area contributed by atoms with E-state index in [9.17, 15) is 9.59 Å². The largest absolute Gasteiger partial charge is 0.478 e. The average molecular weight is 300 g/mol. The fourth-order valence-corrected chi connectivity index (χ4v) is 2.47. The summed E-state index contributed by atoms with van der Waals surface area (Å²) in [4.78, 5) is 23.1. The van der Waals surface area contributed by atoms with E-state index in [1.807, 2.05) is 12.2 Å². The van der Waals surface area contributed by atoms with E-state index in [0.717, 1.165) is 0 Å². The second-order valence-corrected chi connectivity index (χ2v) is 5.09. The molecule has 1 aliphatic carbocycles. The van der Waals surface area contributed by atoms with Crippen LogP contribution in [0, 0.1) is 5.92 Å². The summed E-state index contributed by atoms with van der Waals surface area (Å²) in [5, 5.41) is 12.0. The third kappa shape index (κ3) is 3.08. The molecule has 0 radical (unpaired) electrons. The molecule has 2 N–H and O–H groups in total. The highest BCUT2D eigenvalue weighted by molar-refractivity contribution is 6.37. The van der Waals surface area contributed by atoms with Crippen molar-refractivity contribution in [2.24, 2.45) is 5.92 Å². The maximum Gasteiger partial charge on any atom is 0.337 e. The number of allylic oxidation sites excluding steroid dienone is 2. The Morgan fingerprint density at radius 3 is 2.42 bits per heavy atom. The zero-order valence-electron chi connectivity index (χ0n) is 9.82. The van der Waals surface area contributed by atoms with Gasteiger partial charge < -0.3 is 10.4 Å². The lowest BCUT2D eigenvalue weighted by Crippen LogP contribution is -2.22. The predicted molar refractivity (Wildman–Crippen MR) is 73.9 cm³/mol. The SMILES string of the molecule is O=C(O)c1cc(Cl)cc(Cl)c1NC(=O)C1CC=CC1. The first-order valence-electron chi connectivity index (χ1n) is 5.67. The Labute approximate surface area is 120 Å². The minimum atomic E-state index is -1.19. The van der Waals surface area contributed by atoms with Crippen molar-refractivity contribution < 1.29 is 14.7 Å². The lowest BCUT2D eigenvalue weighted by molar-refractivity contribution is -0.119. The van der Waals surface area contributed by atoms with Gasteiger partial charge in [-0.15, -0.1) is 0 Å². The van der Waals surface area contributed by atoms with Crippen molar-refractivity contribution in [3.8, 4) is 0 Å². The Morgan fingerprint density at radius 2 is 1.84 bits per heavy atom. The number of hydrogen-bond acceptors (Lipinski definition) is 2. The highest BCUT2D eigenvalue weighted by Crippen LogP contribution is 2.31. The number of hydrogen-bond donors (Lipinski definition) is 2. The molecular weight excluding hydrogens is 289 g/mol. The molecule has 0 saturated heterocycles. The highest BCUT2D eigenvalue weighted by Gasteiger charge is 2.23. The third-order valence-electron chi connectivity index (χ3n) is 2.91. The molecule has 1 aliphatic rings. The molecule has 100 valence electrons. The zero-order valence-corrected chi connectivity index (χ0v) is 11.3. The van der Waals surface area contributed by atoms with E-state index in [2.05, 4.69) is 5.32 Å². The minimum absolute atomic E-state index is 0.0930. The molecule has 1 aromatic carbocycles. The fraction of sp³-hybridized carbons (Fsp3) is 0.231. The maximum atomic E-state index is 12.0. The molecule has 0 fully saturated rings. The second-order valence-electron chi connectivity index (χ2n) is 4.24. The number of benzene rings is 1. The fourth-order valence-electron chi connectivity index (χ4n) is 1.93. The van der Waals surface area contributed by atoms with Gasteiger partial charge in [0.2, 0.25) is 5.91 Å². The summed E-state index contributed by atoms with van der Waals surface area (Å²) in [5.74, 6) is -1.60. The summed E-state index contributed by atoms with van der Waals surface area (Å²) in [6.07, 6.45) is 5.15. The molecule has 0 spiro atoms. The van der Waals surface area contributed by atoms with Crippen molar-refractivity contribution in [1.82, 2.24) is 0 Å². The first kappa shape index (κ1) is 13.9. The van der Waals surface area contributed by atoms with Gasteiger partial charge in [-0.1, -0.05) is 35.4 Å². The summed E-state index contributed by atoms with van der Waals surface area (Å²) < 4.78 is 0. The highest BCUT2D eigenvalue weighted by atomic mass is 35.5. The van der Waals surface area contributed by atoms with Gasteiger partial charge in [-0.25, -0.2) is 4.79 Å². The van der Waals surface area contributed by atoms with Crippen molar-refractivity contribution in [2.45, 2.75) is 12.8 Å². The average Bonchev–Trinajstić information content (AvgIpc) is 2.85. The number of aromatic carboxylic acids is 1. The van der Waals surface area contributed by atoms with E-state index in [-0.39, 0.29) is 33.1 Å². The number of carbonyl (C=O) groups is 2. The lowest BCUT2D eigenvalue weighted by Gasteiger charge is -2.14. The summed E-state index contributed by atoms with van der Waals surface area (Å²) in [5.41, 5.74) is -0.0210. The van der Waals surface area contributed by atoms with Crippen molar-refractivity contribution in [3.63, 3.8) is 0 Å². The van der Waals surface area contributed by atoms with Crippen LogP contribution in [0.5, 0.6) is 0 Å². The van der Waals surface area contributed by atoms with E-state index in [1.165, 1.54) is 12.1 Å². The molecule has 2 rings (SSSR count). The summed E-state index contributed by atoms with van der Waals surface area (Å²) in [6, 6.07) is 2.66. The number of amides is 1. The van der Waals surface area contributed by atoms with Crippen molar-refractivity contribution in [1.29, 1.82) is 0 Å². The number of anilines is 1. The number of carboxylic acid groups (broad SMARTS) is 1. The quantitative estimate of drug-likeness (QED) is 0.838. The minimum Gasteiger partial charge on any atom is -0.478 e. The first-order valence-corrected chi connectivity index (χ1v) is 6.43. The van der Waals surface area contributed by atoms with Crippen LogP contribution in [0.25, 0.3) is 0 Å². The lowest BCUT2D eigenvalue weighted by atomic mass is 10.1. The summed E-state index contributed by atoms with van der Waals surface area (Å²) >= 11 is 11.7. The maximum absolute atomic E-state index is 12.0. The van der Waals surface area contributed by atoms with E-state index < -0.39 is 5.97 Å². The van der Waals surface area contributed by atoms with Crippen LogP contribution in [0.2, 0.25) is 10.0 Å². The molecule has 4 nitrogen and oxygen atoms in total. The van der Waals surface area contributed by atoms with Crippen LogP contribution >= 0.6 is 23.2 Å². The van der Waals surface area contributed by atoms with Crippen molar-refractivity contribution in [3.05, 3.63) is 39.9 Å². The van der Waals surface area contributed by atoms with Gasteiger partial charge in [-0.05, 0) is 25.0 Å². The van der Waals surface area contributed by atoms with E-state index in [0.29, 0.717) is 12.8 Å². The van der Waals surface area contributed by atoms with Gasteiger partial charge in [0.25, 0.3) is 0 Å². The Kier molecular flexibility index (Phi) is 4.12. The van der Waals surface area contributed by atoms with Gasteiger partial charge in [-0.3, -0.25) is 4.79 Å². The molecule has 19 heavy (non-hydrogen) atoms. The Bertz CT molecular complexity index is 561. The Morgan fingerprint density at radius 1 is 1.21 bits per heavy atom. The molecule has 1 aromatic rings. The van der Waals surface area contributed by atoms with Crippen molar-refractivity contribution >= 4 is 40.8 Å². The van der Waals surface area contributed by atoms with E-state index >= 15 is 0 Å². The second kappa shape index (κ2) is 5.63. The van der Waals surface area contributed by atoms with Crippen LogP contribution in [0.4, 0.5) is 5.69 Å². The van der Waals surface area contributed by atoms with Gasteiger partial charge in [-0.2, -0.15) is 0 Å². The first-order chi connectivity index (χ1) is 8.99. The topological polar surface area (TPSA) is 66.4 Å². The van der Waals surface area contributed by atoms with E-state index in [1.54, 1.807) is 0 Å². The van der Waals surface area contributed by atoms with Gasteiger partial charge in [0.1, 0.15) is 0 Å². The molecule has 0 bridgehead atoms. The van der Waals surface area contributed by atoms with Gasteiger partial charge in [0, 0.05) is 10.9 Å². The van der Waals surface area contributed by atoms with Crippen LogP contribution in [-0.4, -0.2) is 17.0 Å². The Balaban J connectivity index is 2.28. The molecule has 0 aromatic heterocycles. The molecule has 0 saturated carbocycles. The van der Waals surface area contributed by atoms with Crippen LogP contribution in [-0.2, 0) is 4.79 Å². The molecule has 0 heterocycles. The smallest absolute Gasteiger partial charge is 0.337 e. The normalized spacial score (nSPS) is 14.6. The number of carboxylic acids is 1. The van der Waals surface area contributed by atoms with Crippen molar-refractivity contribution in [2.75, 3.05) is 5.32 Å². The molecule has 6 heteroatoms. The Hall–Kier alpha value is -1.52. The number of nitrogens with one attached hydrogen (secondary N) is 1. The number of rotatable bonds is 3. The molecule has 0 unspecified atom stereocenters. The molecule has 0 aliphatic heterocycles. The van der Waals surface area contributed by atoms with E-state index in [4.69, 9.17) is 28.3 Å². The van der Waals surface area contributed by atoms with Gasteiger partial charge in [0.15, 0.2) is 0 Å². The van der Waals surface area contributed by atoms with Crippen LogP contribution in [0.1, 0.15) is 23.2 Å². The zero-order chi connectivity index (χ0) is 14.0. The van der Waals surface area contributed by atoms with Gasteiger partial charge >= 0.3 is 5.97 Å². The van der Waals surface area contributed by atoms with Crippen LogP contribution in [0.15, 0.2) is 24.3 Å². The standard InChI is InChI=1S/C13H11Cl2NO3/c14-8-5-9(13(18)19)11(10(15)6-8)16-12(17)7-3-1-2-4-7/h1-2,5-7H,3-4H2,(H,16,17)(H,18,19). The van der Waals surface area contributed by atoms with Crippen LogP contribution in [0.3, 0.4) is 0 Å². The molecule has 1 amide bonds. The summed E-state index contributed by atoms with van der Waals surface area (Å²) in [6.45, 7) is 0. The van der Waals surface area contributed by atoms with Crippen LogP contribution < -0.4 is 5.32 Å². The predicted octanol–water partition coefficient (Wildman–Crippen LogP) is 3.60.